The first-order valence-corrected chi connectivity index (χ1v) is 15.8. The van der Waals surface area contributed by atoms with E-state index in [0.717, 1.165) is 94.5 Å². The van der Waals surface area contributed by atoms with E-state index in [1.165, 1.54) is 0 Å². The van der Waals surface area contributed by atoms with Gasteiger partial charge in [0.1, 0.15) is 17.3 Å². The number of piperidine rings is 1. The number of nitrogens with zero attached hydrogens (tertiary/aromatic N) is 7. The highest BCUT2D eigenvalue weighted by Gasteiger charge is 2.22. The molecule has 4 heterocycles. The van der Waals surface area contributed by atoms with Crippen LogP contribution >= 0.6 is 0 Å². The summed E-state index contributed by atoms with van der Waals surface area (Å²) in [4.78, 5) is 22.5. The van der Waals surface area contributed by atoms with Crippen molar-refractivity contribution in [3.63, 3.8) is 0 Å². The molecular weight excluding hydrogens is 574 g/mol. The van der Waals surface area contributed by atoms with E-state index in [2.05, 4.69) is 82.5 Å². The number of nitrogens with one attached hydrogen (secondary N) is 2. The van der Waals surface area contributed by atoms with Gasteiger partial charge in [0, 0.05) is 66.5 Å². The second kappa shape index (κ2) is 12.6. The third-order valence-corrected chi connectivity index (χ3v) is 8.81. The summed E-state index contributed by atoms with van der Waals surface area (Å²) in [6.07, 6.45) is 6.12. The smallest absolute Gasteiger partial charge is 0.227 e. The molecule has 1 aliphatic heterocycles. The van der Waals surface area contributed by atoms with E-state index in [9.17, 15) is 0 Å². The van der Waals surface area contributed by atoms with E-state index in [1.54, 1.807) is 13.3 Å². The third-order valence-electron chi connectivity index (χ3n) is 8.81. The number of aryl methyl sites for hydroxylation is 1. The summed E-state index contributed by atoms with van der Waals surface area (Å²) in [5.41, 5.74) is 8.43. The van der Waals surface area contributed by atoms with Gasteiger partial charge in [0.05, 0.1) is 29.5 Å². The van der Waals surface area contributed by atoms with Crippen LogP contribution in [0.1, 0.15) is 19.8 Å². The van der Waals surface area contributed by atoms with Crippen molar-refractivity contribution in [1.29, 1.82) is 0 Å². The first-order valence-electron chi connectivity index (χ1n) is 15.8. The molecular formula is C36H39N9O. The lowest BCUT2D eigenvalue weighted by atomic mass is 10.0. The number of anilines is 3. The van der Waals surface area contributed by atoms with Crippen LogP contribution in [0.3, 0.4) is 0 Å². The monoisotopic (exact) mass is 613 g/mol. The molecule has 10 nitrogen and oxygen atoms in total. The van der Waals surface area contributed by atoms with Crippen LogP contribution in [0.2, 0.25) is 0 Å². The van der Waals surface area contributed by atoms with E-state index in [1.807, 2.05) is 47.3 Å². The zero-order chi connectivity index (χ0) is 31.6. The summed E-state index contributed by atoms with van der Waals surface area (Å²) in [6.45, 7) is 4.88. The molecule has 0 atom stereocenters. The molecule has 0 saturated carbocycles. The van der Waals surface area contributed by atoms with Crippen LogP contribution in [-0.4, -0.2) is 75.0 Å². The summed E-state index contributed by atoms with van der Waals surface area (Å²) >= 11 is 0. The fourth-order valence-electron chi connectivity index (χ4n) is 6.18. The molecule has 3 aromatic heterocycles. The number of fused-ring (bicyclic) bond motifs is 1. The maximum Gasteiger partial charge on any atom is 0.227 e. The minimum absolute atomic E-state index is 0.488. The molecule has 10 heteroatoms. The molecule has 1 aliphatic rings. The van der Waals surface area contributed by atoms with Gasteiger partial charge in [-0.05, 0) is 64.2 Å². The van der Waals surface area contributed by atoms with Crippen molar-refractivity contribution in [2.75, 3.05) is 44.5 Å². The highest BCUT2D eigenvalue weighted by atomic mass is 16.5. The van der Waals surface area contributed by atoms with Crippen molar-refractivity contribution in [2.24, 2.45) is 0 Å². The fourth-order valence-corrected chi connectivity index (χ4v) is 6.18. The van der Waals surface area contributed by atoms with Crippen LogP contribution in [0.4, 0.5) is 17.3 Å². The Morgan fingerprint density at radius 1 is 0.957 bits per heavy atom. The lowest BCUT2D eigenvalue weighted by Crippen LogP contribution is -2.41. The molecule has 3 aromatic carbocycles. The lowest BCUT2D eigenvalue weighted by molar-refractivity contribution is 0.249. The fraction of sp³-hybridized carbons (Fsp3) is 0.278. The molecule has 0 unspecified atom stereocenters. The standard InChI is InChI=1S/C36H39N9O/c1-5-45-23-28(34(42-45)25-11-13-30-32(21-25)39-35(38-30)24-9-7-6-8-10-24)29-15-18-37-36(40-29)41-31-14-12-27(22-33(31)46-4)44-19-16-26(17-20-44)43(2)3/h6-15,18,21-23,26H,5,16-17,19-20H2,1-4H3,(H,38,39)(H,37,40,41). The van der Waals surface area contributed by atoms with Gasteiger partial charge in [-0.15, -0.1) is 0 Å². The first-order chi connectivity index (χ1) is 22.5. The van der Waals surface area contributed by atoms with Crippen molar-refractivity contribution in [3.8, 4) is 39.7 Å². The number of imidazole rings is 1. The van der Waals surface area contributed by atoms with Gasteiger partial charge in [0.15, 0.2) is 0 Å². The van der Waals surface area contributed by atoms with E-state index in [0.29, 0.717) is 12.0 Å². The van der Waals surface area contributed by atoms with Crippen molar-refractivity contribution < 1.29 is 4.74 Å². The summed E-state index contributed by atoms with van der Waals surface area (Å²) < 4.78 is 7.75. The van der Waals surface area contributed by atoms with Gasteiger partial charge in [-0.1, -0.05) is 36.4 Å². The number of hydrogen-bond acceptors (Lipinski definition) is 8. The topological polar surface area (TPSA) is 100 Å². The maximum atomic E-state index is 5.81. The van der Waals surface area contributed by atoms with Gasteiger partial charge in [0.25, 0.3) is 0 Å². The Balaban J connectivity index is 1.16. The molecule has 0 amide bonds. The van der Waals surface area contributed by atoms with Crippen LogP contribution < -0.4 is 15.0 Å². The van der Waals surface area contributed by atoms with E-state index in [4.69, 9.17) is 19.8 Å². The number of hydrogen-bond donors (Lipinski definition) is 2. The number of H-pyrrole nitrogens is 1. The lowest BCUT2D eigenvalue weighted by Gasteiger charge is -2.36. The van der Waals surface area contributed by atoms with E-state index in [-0.39, 0.29) is 0 Å². The summed E-state index contributed by atoms with van der Waals surface area (Å²) in [5, 5.41) is 8.33. The average molecular weight is 614 g/mol. The number of benzene rings is 3. The Hall–Kier alpha value is -5.22. The molecule has 1 fully saturated rings. The minimum Gasteiger partial charge on any atom is -0.494 e. The molecule has 0 bridgehead atoms. The van der Waals surface area contributed by atoms with Crippen molar-refractivity contribution in [1.82, 2.24) is 34.6 Å². The van der Waals surface area contributed by atoms with E-state index < -0.39 is 0 Å². The number of aromatic amines is 1. The minimum atomic E-state index is 0.488. The Labute approximate surface area is 269 Å². The number of ether oxygens (including phenoxy) is 1. The van der Waals surface area contributed by atoms with Crippen molar-refractivity contribution in [3.05, 3.63) is 85.2 Å². The molecule has 1 saturated heterocycles. The van der Waals surface area contributed by atoms with E-state index >= 15 is 0 Å². The highest BCUT2D eigenvalue weighted by Crippen LogP contribution is 2.35. The predicted octanol–water partition coefficient (Wildman–Crippen LogP) is 6.85. The first kappa shape index (κ1) is 29.5. The summed E-state index contributed by atoms with van der Waals surface area (Å²) in [5.74, 6) is 2.08. The average Bonchev–Trinajstić information content (AvgIpc) is 3.74. The largest absolute Gasteiger partial charge is 0.494 e. The molecule has 2 N–H and O–H groups in total. The van der Waals surface area contributed by atoms with Gasteiger partial charge in [-0.25, -0.2) is 15.0 Å². The zero-order valence-corrected chi connectivity index (χ0v) is 26.7. The summed E-state index contributed by atoms with van der Waals surface area (Å²) in [6, 6.07) is 25.2. The molecule has 0 spiro atoms. The van der Waals surface area contributed by atoms with Crippen molar-refractivity contribution >= 4 is 28.4 Å². The van der Waals surface area contributed by atoms with Gasteiger partial charge in [0.2, 0.25) is 5.95 Å². The SMILES string of the molecule is CCn1cc(-c2ccnc(Nc3ccc(N4CCC(N(C)C)CC4)cc3OC)n2)c(-c2ccc3nc(-c4ccccc4)[nH]c3c2)n1. The van der Waals surface area contributed by atoms with Gasteiger partial charge < -0.3 is 24.8 Å². The molecule has 234 valence electrons. The number of methoxy groups -OCH3 is 1. The number of aromatic nitrogens is 6. The Morgan fingerprint density at radius 2 is 1.78 bits per heavy atom. The zero-order valence-electron chi connectivity index (χ0n) is 26.7. The van der Waals surface area contributed by atoms with Crippen molar-refractivity contribution in [2.45, 2.75) is 32.4 Å². The summed E-state index contributed by atoms with van der Waals surface area (Å²) in [7, 11) is 6.03. The predicted molar refractivity (Wildman–Crippen MR) is 185 cm³/mol. The molecule has 46 heavy (non-hydrogen) atoms. The third kappa shape index (κ3) is 5.91. The molecule has 6 aromatic rings. The second-order valence-electron chi connectivity index (χ2n) is 11.9. The molecule has 0 radical (unpaired) electrons. The Morgan fingerprint density at radius 3 is 2.54 bits per heavy atom. The van der Waals surface area contributed by atoms with Crippen LogP contribution in [0, 0.1) is 0 Å². The van der Waals surface area contributed by atoms with Crippen LogP contribution in [0.5, 0.6) is 5.75 Å². The van der Waals surface area contributed by atoms with Crippen LogP contribution in [0.25, 0.3) is 44.9 Å². The Bertz CT molecular complexity index is 1960. The molecule has 0 aliphatic carbocycles. The normalized spacial score (nSPS) is 13.9. The Kier molecular flexibility index (Phi) is 8.11. The van der Waals surface area contributed by atoms with Gasteiger partial charge in [-0.2, -0.15) is 5.10 Å². The number of rotatable bonds is 9. The second-order valence-corrected chi connectivity index (χ2v) is 11.9. The molecule has 7 rings (SSSR count). The maximum absolute atomic E-state index is 5.81. The quantitative estimate of drug-likeness (QED) is 0.183. The highest BCUT2D eigenvalue weighted by molar-refractivity contribution is 5.87. The van der Waals surface area contributed by atoms with Crippen LogP contribution in [0.15, 0.2) is 85.2 Å². The van der Waals surface area contributed by atoms with Crippen LogP contribution in [-0.2, 0) is 6.54 Å². The van der Waals surface area contributed by atoms with Gasteiger partial charge >= 0.3 is 0 Å². The van der Waals surface area contributed by atoms with Gasteiger partial charge in [-0.3, -0.25) is 4.68 Å².